The first-order chi connectivity index (χ1) is 10.6. The number of piperidine rings is 1. The SMILES string of the molecule is Cc1nccn1-c1ncc(NC(=O)C2CCC(=O)NC2)cn1. The summed E-state index contributed by atoms with van der Waals surface area (Å²) in [5, 5.41) is 5.46. The first-order valence-corrected chi connectivity index (χ1v) is 7.03. The number of carbonyl (C=O) groups excluding carboxylic acids is 2. The van der Waals surface area contributed by atoms with Gasteiger partial charge in [-0.05, 0) is 13.3 Å². The molecule has 2 aromatic heterocycles. The molecule has 1 aliphatic rings. The molecule has 2 aromatic rings. The fourth-order valence-corrected chi connectivity index (χ4v) is 2.30. The Morgan fingerprint density at radius 1 is 1.36 bits per heavy atom. The van der Waals surface area contributed by atoms with Crippen molar-refractivity contribution in [2.45, 2.75) is 19.8 Å². The standard InChI is InChI=1S/C14H16N6O2/c1-9-15-4-5-20(9)14-17-7-11(8-18-14)19-13(22)10-2-3-12(21)16-6-10/h4-5,7-8,10H,2-3,6H2,1H3,(H,16,21)(H,19,22). The number of aromatic nitrogens is 4. The van der Waals surface area contributed by atoms with Crippen LogP contribution >= 0.6 is 0 Å². The summed E-state index contributed by atoms with van der Waals surface area (Å²) in [6.07, 6.45) is 7.50. The second-order valence-corrected chi connectivity index (χ2v) is 5.15. The number of nitrogens with one attached hydrogen (secondary N) is 2. The number of aryl methyl sites for hydroxylation is 1. The minimum atomic E-state index is -0.215. The van der Waals surface area contributed by atoms with Crippen LogP contribution in [0.1, 0.15) is 18.7 Å². The Morgan fingerprint density at radius 2 is 2.14 bits per heavy atom. The minimum absolute atomic E-state index is 0.00700. The molecule has 0 radical (unpaired) electrons. The molecule has 1 aliphatic heterocycles. The van der Waals surface area contributed by atoms with Gasteiger partial charge in [0.2, 0.25) is 17.8 Å². The van der Waals surface area contributed by atoms with Gasteiger partial charge in [-0.3, -0.25) is 14.2 Å². The Hall–Kier alpha value is -2.77. The molecule has 2 N–H and O–H groups in total. The average Bonchev–Trinajstić information content (AvgIpc) is 2.95. The molecule has 22 heavy (non-hydrogen) atoms. The number of amides is 2. The number of rotatable bonds is 3. The van der Waals surface area contributed by atoms with Gasteiger partial charge in [-0.1, -0.05) is 0 Å². The molecule has 0 bridgehead atoms. The number of carbonyl (C=O) groups is 2. The number of nitrogens with zero attached hydrogens (tertiary/aromatic N) is 4. The second-order valence-electron chi connectivity index (χ2n) is 5.15. The Kier molecular flexibility index (Phi) is 3.82. The topological polar surface area (TPSA) is 102 Å². The Morgan fingerprint density at radius 3 is 2.73 bits per heavy atom. The average molecular weight is 300 g/mol. The molecule has 114 valence electrons. The number of hydrogen-bond donors (Lipinski definition) is 2. The van der Waals surface area contributed by atoms with E-state index in [1.807, 2.05) is 6.92 Å². The molecule has 1 saturated heterocycles. The van der Waals surface area contributed by atoms with Crippen molar-refractivity contribution >= 4 is 17.5 Å². The van der Waals surface area contributed by atoms with Crippen LogP contribution in [0, 0.1) is 12.8 Å². The summed E-state index contributed by atoms with van der Waals surface area (Å²) < 4.78 is 1.75. The summed E-state index contributed by atoms with van der Waals surface area (Å²) in [7, 11) is 0. The van der Waals surface area contributed by atoms with E-state index in [4.69, 9.17) is 0 Å². The number of imidazole rings is 1. The van der Waals surface area contributed by atoms with E-state index in [0.29, 0.717) is 31.0 Å². The van der Waals surface area contributed by atoms with Crippen molar-refractivity contribution in [3.8, 4) is 5.95 Å². The third kappa shape index (κ3) is 2.95. The van der Waals surface area contributed by atoms with E-state index in [2.05, 4.69) is 25.6 Å². The van der Waals surface area contributed by atoms with Gasteiger partial charge in [-0.15, -0.1) is 0 Å². The molecule has 3 heterocycles. The molecule has 0 aliphatic carbocycles. The predicted molar refractivity (Wildman–Crippen MR) is 78.3 cm³/mol. The van der Waals surface area contributed by atoms with Crippen molar-refractivity contribution in [2.75, 3.05) is 11.9 Å². The zero-order chi connectivity index (χ0) is 15.5. The summed E-state index contributed by atoms with van der Waals surface area (Å²) in [6, 6.07) is 0. The minimum Gasteiger partial charge on any atom is -0.355 e. The molecule has 2 amide bonds. The van der Waals surface area contributed by atoms with E-state index in [-0.39, 0.29) is 17.7 Å². The Labute approximate surface area is 127 Å². The molecule has 1 atom stereocenters. The third-order valence-corrected chi connectivity index (χ3v) is 3.58. The largest absolute Gasteiger partial charge is 0.355 e. The monoisotopic (exact) mass is 300 g/mol. The van der Waals surface area contributed by atoms with Crippen LogP contribution in [-0.4, -0.2) is 37.9 Å². The molecule has 0 saturated carbocycles. The molecule has 1 fully saturated rings. The lowest BCUT2D eigenvalue weighted by Crippen LogP contribution is -2.40. The van der Waals surface area contributed by atoms with Gasteiger partial charge >= 0.3 is 0 Å². The molecule has 0 aromatic carbocycles. The highest BCUT2D eigenvalue weighted by molar-refractivity contribution is 5.93. The van der Waals surface area contributed by atoms with E-state index >= 15 is 0 Å². The fraction of sp³-hybridized carbons (Fsp3) is 0.357. The summed E-state index contributed by atoms with van der Waals surface area (Å²) in [5.74, 6) is 0.934. The highest BCUT2D eigenvalue weighted by Crippen LogP contribution is 2.14. The summed E-state index contributed by atoms with van der Waals surface area (Å²) in [4.78, 5) is 35.8. The maximum Gasteiger partial charge on any atom is 0.235 e. The van der Waals surface area contributed by atoms with Crippen LogP contribution in [-0.2, 0) is 9.59 Å². The molecule has 8 nitrogen and oxygen atoms in total. The van der Waals surface area contributed by atoms with Crippen LogP contribution in [0.25, 0.3) is 5.95 Å². The predicted octanol–water partition coefficient (Wildman–Crippen LogP) is 0.435. The maximum absolute atomic E-state index is 12.1. The van der Waals surface area contributed by atoms with Gasteiger partial charge < -0.3 is 10.6 Å². The smallest absolute Gasteiger partial charge is 0.235 e. The van der Waals surface area contributed by atoms with Gasteiger partial charge in [0.15, 0.2) is 0 Å². The molecular formula is C14H16N6O2. The van der Waals surface area contributed by atoms with Crippen molar-refractivity contribution in [1.29, 1.82) is 0 Å². The van der Waals surface area contributed by atoms with Crippen molar-refractivity contribution in [1.82, 2.24) is 24.8 Å². The van der Waals surface area contributed by atoms with E-state index in [0.717, 1.165) is 5.82 Å². The van der Waals surface area contributed by atoms with E-state index in [9.17, 15) is 9.59 Å². The van der Waals surface area contributed by atoms with Gasteiger partial charge in [-0.2, -0.15) is 0 Å². The van der Waals surface area contributed by atoms with Crippen molar-refractivity contribution in [3.05, 3.63) is 30.6 Å². The first-order valence-electron chi connectivity index (χ1n) is 7.03. The van der Waals surface area contributed by atoms with Crippen molar-refractivity contribution in [3.63, 3.8) is 0 Å². The summed E-state index contributed by atoms with van der Waals surface area (Å²) >= 11 is 0. The molecule has 0 spiro atoms. The second kappa shape index (κ2) is 5.92. The zero-order valence-corrected chi connectivity index (χ0v) is 12.1. The van der Waals surface area contributed by atoms with Gasteiger partial charge in [0, 0.05) is 25.4 Å². The molecular weight excluding hydrogens is 284 g/mol. The molecule has 8 heteroatoms. The van der Waals surface area contributed by atoms with Crippen LogP contribution in [0.3, 0.4) is 0 Å². The first kappa shape index (κ1) is 14.2. The Balaban J connectivity index is 1.65. The summed E-state index contributed by atoms with van der Waals surface area (Å²) in [5.41, 5.74) is 0.531. The zero-order valence-electron chi connectivity index (χ0n) is 12.1. The fourth-order valence-electron chi connectivity index (χ4n) is 2.30. The lowest BCUT2D eigenvalue weighted by atomic mass is 9.98. The number of hydrogen-bond acceptors (Lipinski definition) is 5. The van der Waals surface area contributed by atoms with Crippen LogP contribution in [0.5, 0.6) is 0 Å². The van der Waals surface area contributed by atoms with E-state index < -0.39 is 0 Å². The van der Waals surface area contributed by atoms with Crippen LogP contribution in [0.15, 0.2) is 24.8 Å². The number of anilines is 1. The normalized spacial score (nSPS) is 17.9. The van der Waals surface area contributed by atoms with Crippen LogP contribution in [0.2, 0.25) is 0 Å². The van der Waals surface area contributed by atoms with Gasteiger partial charge in [-0.25, -0.2) is 15.0 Å². The highest BCUT2D eigenvalue weighted by atomic mass is 16.2. The molecule has 1 unspecified atom stereocenters. The third-order valence-electron chi connectivity index (χ3n) is 3.58. The lowest BCUT2D eigenvalue weighted by Gasteiger charge is -2.21. The van der Waals surface area contributed by atoms with Crippen LogP contribution in [0.4, 0.5) is 5.69 Å². The van der Waals surface area contributed by atoms with Crippen LogP contribution < -0.4 is 10.6 Å². The van der Waals surface area contributed by atoms with Crippen molar-refractivity contribution < 1.29 is 9.59 Å². The maximum atomic E-state index is 12.1. The quantitative estimate of drug-likeness (QED) is 0.856. The van der Waals surface area contributed by atoms with Crippen molar-refractivity contribution in [2.24, 2.45) is 5.92 Å². The highest BCUT2D eigenvalue weighted by Gasteiger charge is 2.24. The van der Waals surface area contributed by atoms with E-state index in [1.54, 1.807) is 29.4 Å². The van der Waals surface area contributed by atoms with E-state index in [1.165, 1.54) is 0 Å². The lowest BCUT2D eigenvalue weighted by molar-refractivity contribution is -0.126. The molecule has 3 rings (SSSR count). The Bertz CT molecular complexity index is 684. The van der Waals surface area contributed by atoms with Gasteiger partial charge in [0.25, 0.3) is 0 Å². The van der Waals surface area contributed by atoms with Gasteiger partial charge in [0.1, 0.15) is 5.82 Å². The summed E-state index contributed by atoms with van der Waals surface area (Å²) in [6.45, 7) is 2.23. The van der Waals surface area contributed by atoms with Gasteiger partial charge in [0.05, 0.1) is 24.0 Å².